The van der Waals surface area contributed by atoms with Crippen molar-refractivity contribution in [1.82, 2.24) is 9.80 Å². The second kappa shape index (κ2) is 8.54. The van der Waals surface area contributed by atoms with Crippen LogP contribution in [0.1, 0.15) is 13.8 Å². The van der Waals surface area contributed by atoms with Gasteiger partial charge in [-0.3, -0.25) is 0 Å². The first-order valence-corrected chi connectivity index (χ1v) is 5.85. The number of hydrogen-bond acceptors (Lipinski definition) is 2. The molecule has 0 saturated carbocycles. The average Bonchev–Trinajstić information content (AvgIpc) is 2.87. The minimum absolute atomic E-state index is 0. The number of rotatable bonds is 4. The Hall–Kier alpha value is 0.460. The summed E-state index contributed by atoms with van der Waals surface area (Å²) in [6, 6.07) is 0. The summed E-state index contributed by atoms with van der Waals surface area (Å²) in [7, 11) is 0. The van der Waals surface area contributed by atoms with E-state index in [1.807, 2.05) is 0 Å². The van der Waals surface area contributed by atoms with Crippen molar-refractivity contribution in [3.05, 3.63) is 24.8 Å². The number of quaternary nitrogens is 2. The number of nitrogens with one attached hydrogen (secondary N) is 2. The van der Waals surface area contributed by atoms with Crippen LogP contribution in [0, 0.1) is 0 Å². The predicted molar refractivity (Wildman–Crippen MR) is 59.6 cm³/mol. The van der Waals surface area contributed by atoms with Crippen LogP contribution in [-0.4, -0.2) is 42.9 Å². The highest BCUT2D eigenvalue weighted by Crippen LogP contribution is 1.89. The normalized spacial score (nSPS) is 26.0. The quantitative estimate of drug-likeness (QED) is 0.403. The van der Waals surface area contributed by atoms with Crippen LogP contribution >= 0.6 is 0 Å². The standard InChI is InChI=1S/C11H20N4.2HI/c1-3-12-5-7-14(9-12)11-15-8-6-13(4-2)10-15;;/h5-8H,3-4,9-11H2,1-2H3;2*1H. The van der Waals surface area contributed by atoms with Crippen molar-refractivity contribution in [2.45, 2.75) is 13.8 Å². The monoisotopic (exact) mass is 464 g/mol. The highest BCUT2D eigenvalue weighted by molar-refractivity contribution is 4.78. The molecule has 0 aliphatic carbocycles. The van der Waals surface area contributed by atoms with Crippen molar-refractivity contribution in [3.8, 4) is 0 Å². The van der Waals surface area contributed by atoms with Crippen LogP contribution < -0.4 is 57.8 Å². The second-order valence-corrected chi connectivity index (χ2v) is 4.25. The first kappa shape index (κ1) is 17.5. The summed E-state index contributed by atoms with van der Waals surface area (Å²) >= 11 is 0. The second-order valence-electron chi connectivity index (χ2n) is 4.25. The van der Waals surface area contributed by atoms with Crippen molar-refractivity contribution in [3.63, 3.8) is 0 Å². The molecule has 4 nitrogen and oxygen atoms in total. The zero-order valence-electron chi connectivity index (χ0n) is 10.5. The van der Waals surface area contributed by atoms with E-state index in [0.29, 0.717) is 0 Å². The molecule has 0 aromatic rings. The molecule has 2 atom stereocenters. The van der Waals surface area contributed by atoms with E-state index in [4.69, 9.17) is 0 Å². The first-order valence-electron chi connectivity index (χ1n) is 5.85. The van der Waals surface area contributed by atoms with Gasteiger partial charge in [0.15, 0.2) is 13.3 Å². The summed E-state index contributed by atoms with van der Waals surface area (Å²) in [4.78, 5) is 7.81. The fraction of sp³-hybridized carbons (Fsp3) is 0.636. The zero-order valence-corrected chi connectivity index (χ0v) is 14.8. The Balaban J connectivity index is 0.00000128. The van der Waals surface area contributed by atoms with Crippen molar-refractivity contribution in [2.75, 3.05) is 33.1 Å². The lowest BCUT2D eigenvalue weighted by Gasteiger charge is -2.19. The van der Waals surface area contributed by atoms with Crippen molar-refractivity contribution in [1.29, 1.82) is 0 Å². The molecule has 2 aliphatic rings. The maximum atomic E-state index is 2.35. The molecule has 0 bridgehead atoms. The van der Waals surface area contributed by atoms with E-state index in [1.165, 1.54) is 0 Å². The van der Waals surface area contributed by atoms with Crippen LogP contribution in [0.2, 0.25) is 0 Å². The Labute approximate surface area is 138 Å². The van der Waals surface area contributed by atoms with Gasteiger partial charge in [-0.05, 0) is 13.8 Å². The van der Waals surface area contributed by atoms with Gasteiger partial charge in [-0.1, -0.05) is 0 Å². The summed E-state index contributed by atoms with van der Waals surface area (Å²) in [6.07, 6.45) is 8.98. The van der Waals surface area contributed by atoms with Gasteiger partial charge in [0, 0.05) is 13.1 Å². The molecule has 2 rings (SSSR count). The largest absolute Gasteiger partial charge is 1.00 e. The molecule has 2 aliphatic heterocycles. The smallest absolute Gasteiger partial charge is 0.215 e. The minimum atomic E-state index is 0. The molecule has 17 heavy (non-hydrogen) atoms. The summed E-state index contributed by atoms with van der Waals surface area (Å²) < 4.78 is 0. The van der Waals surface area contributed by atoms with E-state index in [-0.39, 0.29) is 48.0 Å². The van der Waals surface area contributed by atoms with Crippen LogP contribution in [-0.2, 0) is 0 Å². The topological polar surface area (TPSA) is 15.4 Å². The highest BCUT2D eigenvalue weighted by atomic mass is 127. The first-order chi connectivity index (χ1) is 7.31. The molecule has 0 saturated heterocycles. The van der Waals surface area contributed by atoms with Crippen LogP contribution in [0.4, 0.5) is 0 Å². The van der Waals surface area contributed by atoms with Gasteiger partial charge in [0.05, 0.1) is 12.4 Å². The van der Waals surface area contributed by atoms with E-state index in [0.717, 1.165) is 33.1 Å². The molecule has 2 unspecified atom stereocenters. The SMILES string of the molecule is CCN1C=C[NH+](C[NH+]2C=CN(CC)C2)C1.[I-].[I-]. The molecular weight excluding hydrogens is 442 g/mol. The molecular formula is C11H22I2N4. The molecule has 2 N–H and O–H groups in total. The molecule has 0 aromatic heterocycles. The Kier molecular flexibility index (Phi) is 8.77. The lowest BCUT2D eigenvalue weighted by atomic mass is 10.6. The van der Waals surface area contributed by atoms with E-state index in [2.05, 4.69) is 48.4 Å². The van der Waals surface area contributed by atoms with Crippen LogP contribution in [0.5, 0.6) is 0 Å². The molecule has 0 aromatic carbocycles. The van der Waals surface area contributed by atoms with E-state index < -0.39 is 0 Å². The van der Waals surface area contributed by atoms with Gasteiger partial charge in [0.25, 0.3) is 0 Å². The van der Waals surface area contributed by atoms with E-state index >= 15 is 0 Å². The number of halogens is 2. The fourth-order valence-electron chi connectivity index (χ4n) is 2.11. The highest BCUT2D eigenvalue weighted by Gasteiger charge is 2.23. The average molecular weight is 464 g/mol. The molecule has 6 heteroatoms. The third-order valence-electron chi connectivity index (χ3n) is 3.12. The predicted octanol–water partition coefficient (Wildman–Crippen LogP) is -7.75. The molecule has 2 heterocycles. The molecule has 0 amide bonds. The van der Waals surface area contributed by atoms with Crippen molar-refractivity contribution >= 4 is 0 Å². The Morgan fingerprint density at radius 3 is 1.59 bits per heavy atom. The third kappa shape index (κ3) is 4.92. The van der Waals surface area contributed by atoms with Crippen molar-refractivity contribution < 1.29 is 57.8 Å². The van der Waals surface area contributed by atoms with Crippen LogP contribution in [0.15, 0.2) is 24.8 Å². The summed E-state index contributed by atoms with van der Waals surface area (Å²) in [5.41, 5.74) is 0. The van der Waals surface area contributed by atoms with Gasteiger partial charge in [-0.25, -0.2) is 9.80 Å². The summed E-state index contributed by atoms with van der Waals surface area (Å²) in [6.45, 7) is 10.0. The van der Waals surface area contributed by atoms with E-state index in [9.17, 15) is 0 Å². The third-order valence-corrected chi connectivity index (χ3v) is 3.12. The summed E-state index contributed by atoms with van der Waals surface area (Å²) in [5, 5.41) is 0. The molecule has 100 valence electrons. The van der Waals surface area contributed by atoms with Crippen LogP contribution in [0.25, 0.3) is 0 Å². The Morgan fingerprint density at radius 2 is 1.29 bits per heavy atom. The van der Waals surface area contributed by atoms with E-state index in [1.54, 1.807) is 9.80 Å². The molecule has 0 radical (unpaired) electrons. The molecule has 0 fully saturated rings. The van der Waals surface area contributed by atoms with Gasteiger partial charge in [-0.15, -0.1) is 0 Å². The van der Waals surface area contributed by atoms with Crippen LogP contribution in [0.3, 0.4) is 0 Å². The van der Waals surface area contributed by atoms with Gasteiger partial charge in [0.2, 0.25) is 6.67 Å². The number of nitrogens with zero attached hydrogens (tertiary/aromatic N) is 2. The maximum absolute atomic E-state index is 2.35. The lowest BCUT2D eigenvalue weighted by molar-refractivity contribution is -1.04. The van der Waals surface area contributed by atoms with Gasteiger partial charge in [0.1, 0.15) is 12.4 Å². The summed E-state index contributed by atoms with van der Waals surface area (Å²) in [5.74, 6) is 0. The maximum Gasteiger partial charge on any atom is 0.215 e. The fourth-order valence-corrected chi connectivity index (χ4v) is 2.11. The van der Waals surface area contributed by atoms with Gasteiger partial charge < -0.3 is 57.8 Å². The molecule has 0 spiro atoms. The van der Waals surface area contributed by atoms with Crippen molar-refractivity contribution in [2.24, 2.45) is 0 Å². The Morgan fingerprint density at radius 1 is 0.882 bits per heavy atom. The van der Waals surface area contributed by atoms with Gasteiger partial charge in [-0.2, -0.15) is 0 Å². The van der Waals surface area contributed by atoms with Gasteiger partial charge >= 0.3 is 0 Å². The lowest BCUT2D eigenvalue weighted by Crippen LogP contribution is -3.27. The minimum Gasteiger partial charge on any atom is -1.00 e. The zero-order chi connectivity index (χ0) is 10.7. The number of hydrogen-bond donors (Lipinski definition) is 2. The Bertz CT molecular complexity index is 244.